The second-order valence-electron chi connectivity index (χ2n) is 5.20. The molecule has 0 amide bonds. The Morgan fingerprint density at radius 1 is 0.962 bits per heavy atom. The summed E-state index contributed by atoms with van der Waals surface area (Å²) in [7, 11) is -4.43. The van der Waals surface area contributed by atoms with E-state index in [1.54, 1.807) is 30.3 Å². The fraction of sp³-hybridized carbons (Fsp3) is 0.0588. The number of anilines is 1. The second kappa shape index (κ2) is 8.51. The van der Waals surface area contributed by atoms with Crippen molar-refractivity contribution in [2.45, 2.75) is 9.79 Å². The van der Waals surface area contributed by atoms with Crippen LogP contribution >= 0.6 is 11.8 Å². The average Bonchev–Trinajstić information content (AvgIpc) is 2.60. The summed E-state index contributed by atoms with van der Waals surface area (Å²) in [6.07, 6.45) is 1.93. The standard InChI is InChI=1S/C17H15N3O3S2.Na.H/c1-24-15-9-5-4-8-13(15)19-20-14-10-16(25(21,22)23)11-6-2-3-7-12(11)17(14)18;;/h2-10H,18H2,1H3,(H,21,22,23);;/b20-19+;;. The van der Waals surface area contributed by atoms with Crippen LogP contribution in [0.2, 0.25) is 0 Å². The number of benzene rings is 3. The first-order chi connectivity index (χ1) is 11.9. The molecule has 0 unspecified atom stereocenters. The quantitative estimate of drug-likeness (QED) is 0.226. The van der Waals surface area contributed by atoms with Gasteiger partial charge in [-0.3, -0.25) is 4.55 Å². The van der Waals surface area contributed by atoms with Crippen molar-refractivity contribution in [2.75, 3.05) is 12.0 Å². The third-order valence-electron chi connectivity index (χ3n) is 3.66. The fourth-order valence-corrected chi connectivity index (χ4v) is 3.72. The Kier molecular flexibility index (Phi) is 6.84. The summed E-state index contributed by atoms with van der Waals surface area (Å²) in [5, 5.41) is 9.14. The van der Waals surface area contributed by atoms with Crippen molar-refractivity contribution in [3.05, 3.63) is 54.6 Å². The van der Waals surface area contributed by atoms with Crippen molar-refractivity contribution in [3.8, 4) is 0 Å². The normalized spacial score (nSPS) is 11.6. The summed E-state index contributed by atoms with van der Waals surface area (Å²) in [6, 6.07) is 15.3. The van der Waals surface area contributed by atoms with Gasteiger partial charge in [0.2, 0.25) is 0 Å². The van der Waals surface area contributed by atoms with Crippen LogP contribution in [0, 0.1) is 0 Å². The van der Waals surface area contributed by atoms with Gasteiger partial charge in [0.25, 0.3) is 10.1 Å². The van der Waals surface area contributed by atoms with Gasteiger partial charge in [0.05, 0.1) is 11.4 Å². The number of hydrogen-bond donors (Lipinski definition) is 2. The first kappa shape index (κ1) is 20.9. The van der Waals surface area contributed by atoms with Crippen molar-refractivity contribution in [1.82, 2.24) is 0 Å². The van der Waals surface area contributed by atoms with E-state index in [4.69, 9.17) is 5.73 Å². The third kappa shape index (κ3) is 4.28. The molecular weight excluding hydrogens is 381 g/mol. The van der Waals surface area contributed by atoms with Crippen molar-refractivity contribution in [3.63, 3.8) is 0 Å². The molecule has 0 saturated carbocycles. The van der Waals surface area contributed by atoms with Gasteiger partial charge < -0.3 is 5.73 Å². The summed E-state index contributed by atoms with van der Waals surface area (Å²) >= 11 is 1.52. The minimum atomic E-state index is -4.43. The van der Waals surface area contributed by atoms with E-state index >= 15 is 0 Å². The predicted molar refractivity (Wildman–Crippen MR) is 108 cm³/mol. The van der Waals surface area contributed by atoms with Crippen LogP contribution in [0.3, 0.4) is 0 Å². The zero-order chi connectivity index (χ0) is 18.0. The Balaban J connectivity index is 0.00000243. The molecule has 3 N–H and O–H groups in total. The molecular formula is C17H16N3NaO3S2. The molecule has 3 rings (SSSR count). The van der Waals surface area contributed by atoms with Gasteiger partial charge in [0, 0.05) is 15.7 Å². The summed E-state index contributed by atoms with van der Waals surface area (Å²) in [4.78, 5) is 0.685. The monoisotopic (exact) mass is 397 g/mol. The number of hydrogen-bond acceptors (Lipinski definition) is 6. The van der Waals surface area contributed by atoms with Gasteiger partial charge >= 0.3 is 29.6 Å². The predicted octanol–water partition coefficient (Wildman–Crippen LogP) is 4.16. The first-order valence-corrected chi connectivity index (χ1v) is 9.92. The molecule has 3 aromatic rings. The molecule has 0 spiro atoms. The Morgan fingerprint density at radius 2 is 1.54 bits per heavy atom. The van der Waals surface area contributed by atoms with E-state index in [0.717, 1.165) is 4.90 Å². The number of nitrogens with zero attached hydrogens (tertiary/aromatic N) is 2. The molecule has 0 fully saturated rings. The van der Waals surface area contributed by atoms with Crippen LogP contribution in [0.5, 0.6) is 0 Å². The van der Waals surface area contributed by atoms with Crippen LogP contribution in [0.15, 0.2) is 74.6 Å². The molecule has 3 aromatic carbocycles. The number of azo groups is 1. The third-order valence-corrected chi connectivity index (χ3v) is 5.33. The number of nitrogen functional groups attached to an aromatic ring is 1. The number of nitrogens with two attached hydrogens (primary N) is 1. The molecule has 0 aromatic heterocycles. The van der Waals surface area contributed by atoms with Gasteiger partial charge in [-0.1, -0.05) is 36.4 Å². The van der Waals surface area contributed by atoms with E-state index in [9.17, 15) is 13.0 Å². The maximum atomic E-state index is 11.7. The molecule has 26 heavy (non-hydrogen) atoms. The first-order valence-electron chi connectivity index (χ1n) is 7.25. The SMILES string of the molecule is CSc1ccccc1/N=N/c1cc(S(=O)(=O)O)c2ccccc2c1N.[NaH]. The molecule has 0 bridgehead atoms. The van der Waals surface area contributed by atoms with E-state index < -0.39 is 10.1 Å². The summed E-state index contributed by atoms with van der Waals surface area (Å²) in [5.74, 6) is 0. The Bertz CT molecular complexity index is 1090. The van der Waals surface area contributed by atoms with Gasteiger partial charge in [-0.25, -0.2) is 0 Å². The molecule has 0 saturated heterocycles. The van der Waals surface area contributed by atoms with E-state index in [1.807, 2.05) is 24.5 Å². The molecule has 9 heteroatoms. The molecule has 0 radical (unpaired) electrons. The van der Waals surface area contributed by atoms with E-state index in [0.29, 0.717) is 22.1 Å². The topological polar surface area (TPSA) is 105 Å². The molecule has 0 heterocycles. The van der Waals surface area contributed by atoms with Gasteiger partial charge in [0.15, 0.2) is 0 Å². The van der Waals surface area contributed by atoms with Crippen LogP contribution in [-0.2, 0) is 10.1 Å². The van der Waals surface area contributed by atoms with Crippen molar-refractivity contribution >= 4 is 79.3 Å². The second-order valence-corrected chi connectivity index (χ2v) is 7.44. The maximum absolute atomic E-state index is 11.7. The molecule has 0 aliphatic heterocycles. The Labute approximate surface area is 177 Å². The number of rotatable bonds is 4. The Hall–Kier alpha value is -1.42. The summed E-state index contributed by atoms with van der Waals surface area (Å²) in [5.41, 5.74) is 7.26. The van der Waals surface area contributed by atoms with Gasteiger partial charge in [0.1, 0.15) is 10.6 Å². The number of fused-ring (bicyclic) bond motifs is 1. The van der Waals surface area contributed by atoms with E-state index in [-0.39, 0.29) is 40.1 Å². The molecule has 0 atom stereocenters. The van der Waals surface area contributed by atoms with E-state index in [2.05, 4.69) is 10.2 Å². The van der Waals surface area contributed by atoms with Crippen molar-refractivity contribution < 1.29 is 13.0 Å². The van der Waals surface area contributed by atoms with Crippen LogP contribution < -0.4 is 5.73 Å². The van der Waals surface area contributed by atoms with Gasteiger partial charge in [-0.2, -0.15) is 8.42 Å². The van der Waals surface area contributed by atoms with E-state index in [1.165, 1.54) is 17.8 Å². The molecule has 130 valence electrons. The zero-order valence-corrected chi connectivity index (χ0v) is 14.9. The summed E-state index contributed by atoms with van der Waals surface area (Å²) < 4.78 is 33.0. The van der Waals surface area contributed by atoms with Crippen LogP contribution in [0.25, 0.3) is 10.8 Å². The minimum absolute atomic E-state index is 0. The Morgan fingerprint density at radius 3 is 2.19 bits per heavy atom. The van der Waals surface area contributed by atoms with Gasteiger partial charge in [-0.05, 0) is 24.5 Å². The molecule has 0 aliphatic carbocycles. The summed E-state index contributed by atoms with van der Waals surface area (Å²) in [6.45, 7) is 0. The van der Waals surface area contributed by atoms with Crippen molar-refractivity contribution in [2.24, 2.45) is 10.2 Å². The van der Waals surface area contributed by atoms with Crippen molar-refractivity contribution in [1.29, 1.82) is 0 Å². The molecule has 0 aliphatic rings. The van der Waals surface area contributed by atoms with Crippen LogP contribution in [0.1, 0.15) is 0 Å². The number of thioether (sulfide) groups is 1. The zero-order valence-electron chi connectivity index (χ0n) is 13.2. The van der Waals surface area contributed by atoms with Gasteiger partial charge in [-0.15, -0.1) is 22.0 Å². The fourth-order valence-electron chi connectivity index (χ4n) is 2.47. The molecule has 6 nitrogen and oxygen atoms in total. The average molecular weight is 397 g/mol. The van der Waals surface area contributed by atoms with Crippen LogP contribution in [-0.4, -0.2) is 48.8 Å². The van der Waals surface area contributed by atoms with Crippen LogP contribution in [0.4, 0.5) is 17.1 Å².